The van der Waals surface area contributed by atoms with E-state index >= 15 is 0 Å². The zero-order chi connectivity index (χ0) is 14.8. The van der Waals surface area contributed by atoms with E-state index in [4.69, 9.17) is 10.7 Å². The predicted octanol–water partition coefficient (Wildman–Crippen LogP) is 3.33. The van der Waals surface area contributed by atoms with Crippen LogP contribution in [0.5, 0.6) is 0 Å². The summed E-state index contributed by atoms with van der Waals surface area (Å²) in [5.41, 5.74) is 10.4. The summed E-state index contributed by atoms with van der Waals surface area (Å²) in [4.78, 5) is 6.94. The van der Waals surface area contributed by atoms with Gasteiger partial charge >= 0.3 is 0 Å². The molecule has 4 heteroatoms. The van der Waals surface area contributed by atoms with Crippen molar-refractivity contribution in [2.45, 2.75) is 32.7 Å². The molecule has 0 bridgehead atoms. The smallest absolute Gasteiger partial charge is 0.137 e. The van der Waals surface area contributed by atoms with Gasteiger partial charge < -0.3 is 10.6 Å². The molecule has 3 nitrogen and oxygen atoms in total. The number of nitrogens with zero attached hydrogens (tertiary/aromatic N) is 2. The first-order valence-corrected chi connectivity index (χ1v) is 7.47. The molecular weight excluding hydrogens is 265 g/mol. The molecule has 3 rings (SSSR count). The monoisotopic (exact) mass is 285 g/mol. The number of pyridine rings is 1. The molecule has 0 aliphatic heterocycles. The molecule has 1 heterocycles. The first-order valence-electron chi connectivity index (χ1n) is 7.47. The van der Waals surface area contributed by atoms with E-state index in [1.54, 1.807) is 12.1 Å². The van der Waals surface area contributed by atoms with Crippen molar-refractivity contribution in [1.82, 2.24) is 4.98 Å². The zero-order valence-corrected chi connectivity index (χ0v) is 12.3. The second-order valence-electron chi connectivity index (χ2n) is 5.36. The molecule has 2 N–H and O–H groups in total. The Morgan fingerprint density at radius 1 is 1.24 bits per heavy atom. The summed E-state index contributed by atoms with van der Waals surface area (Å²) < 4.78 is 13.1. The lowest BCUT2D eigenvalue weighted by Crippen LogP contribution is -2.21. The summed E-state index contributed by atoms with van der Waals surface area (Å²) >= 11 is 0. The maximum absolute atomic E-state index is 13.1. The lowest BCUT2D eigenvalue weighted by atomic mass is 10.1. The molecular formula is C17H20FN3. The van der Waals surface area contributed by atoms with Crippen LogP contribution < -0.4 is 10.6 Å². The number of anilines is 2. The lowest BCUT2D eigenvalue weighted by molar-refractivity contribution is 0.627. The molecule has 1 aliphatic carbocycles. The average molecular weight is 285 g/mol. The summed E-state index contributed by atoms with van der Waals surface area (Å²) in [5.74, 6) is 0.683. The maximum Gasteiger partial charge on any atom is 0.137 e. The highest BCUT2D eigenvalue weighted by Crippen LogP contribution is 2.31. The van der Waals surface area contributed by atoms with Crippen LogP contribution in [0.3, 0.4) is 0 Å². The molecule has 1 aromatic carbocycles. The van der Waals surface area contributed by atoms with E-state index in [0.717, 1.165) is 36.5 Å². The van der Waals surface area contributed by atoms with Gasteiger partial charge in [0.1, 0.15) is 11.6 Å². The maximum atomic E-state index is 13.1. The van der Waals surface area contributed by atoms with Crippen LogP contribution in [0.2, 0.25) is 0 Å². The fourth-order valence-electron chi connectivity index (χ4n) is 2.97. The molecule has 0 spiro atoms. The van der Waals surface area contributed by atoms with Crippen molar-refractivity contribution in [1.29, 1.82) is 0 Å². The van der Waals surface area contributed by atoms with Crippen molar-refractivity contribution in [3.05, 3.63) is 53.0 Å². The van der Waals surface area contributed by atoms with E-state index in [1.165, 1.54) is 29.8 Å². The molecule has 0 radical (unpaired) electrons. The van der Waals surface area contributed by atoms with Crippen LogP contribution in [0.15, 0.2) is 30.3 Å². The van der Waals surface area contributed by atoms with Crippen molar-refractivity contribution in [2.24, 2.45) is 5.73 Å². The molecule has 0 amide bonds. The number of hydrogen-bond donors (Lipinski definition) is 1. The normalized spacial score (nSPS) is 13.3. The van der Waals surface area contributed by atoms with Crippen LogP contribution in [0.25, 0.3) is 0 Å². The topological polar surface area (TPSA) is 42.2 Å². The number of fused-ring (bicyclic) bond motifs is 1. The standard InChI is InChI=1S/C17H20FN3/c1-2-21(15-8-6-14(18)7-9-15)17-13(11-19)10-12-4-3-5-16(12)20-17/h6-10H,2-5,11,19H2,1H3. The third-order valence-electron chi connectivity index (χ3n) is 4.04. The van der Waals surface area contributed by atoms with E-state index in [0.29, 0.717) is 6.54 Å². The van der Waals surface area contributed by atoms with Crippen LogP contribution >= 0.6 is 0 Å². The Morgan fingerprint density at radius 2 is 2.00 bits per heavy atom. The Bertz CT molecular complexity index is 637. The van der Waals surface area contributed by atoms with E-state index in [1.807, 2.05) is 0 Å². The molecule has 0 saturated heterocycles. The fraction of sp³-hybridized carbons (Fsp3) is 0.353. The van der Waals surface area contributed by atoms with E-state index in [-0.39, 0.29) is 5.82 Å². The zero-order valence-electron chi connectivity index (χ0n) is 12.3. The summed E-state index contributed by atoms with van der Waals surface area (Å²) in [7, 11) is 0. The van der Waals surface area contributed by atoms with E-state index in [2.05, 4.69) is 17.9 Å². The highest BCUT2D eigenvalue weighted by Gasteiger charge is 2.19. The molecule has 0 fully saturated rings. The number of aromatic nitrogens is 1. The van der Waals surface area contributed by atoms with Crippen LogP contribution in [0.4, 0.5) is 15.9 Å². The van der Waals surface area contributed by atoms with Gasteiger partial charge in [0, 0.05) is 30.0 Å². The van der Waals surface area contributed by atoms with Gasteiger partial charge in [-0.15, -0.1) is 0 Å². The van der Waals surface area contributed by atoms with Gasteiger partial charge in [-0.2, -0.15) is 0 Å². The molecule has 0 saturated carbocycles. The molecule has 1 aliphatic rings. The van der Waals surface area contributed by atoms with Gasteiger partial charge in [0.25, 0.3) is 0 Å². The van der Waals surface area contributed by atoms with Crippen molar-refractivity contribution in [3.8, 4) is 0 Å². The summed E-state index contributed by atoms with van der Waals surface area (Å²) in [5, 5.41) is 0. The largest absolute Gasteiger partial charge is 0.326 e. The first-order chi connectivity index (χ1) is 10.2. The molecule has 2 aromatic rings. The van der Waals surface area contributed by atoms with E-state index in [9.17, 15) is 4.39 Å². The quantitative estimate of drug-likeness (QED) is 0.937. The van der Waals surface area contributed by atoms with Crippen LogP contribution in [0.1, 0.15) is 30.2 Å². The SMILES string of the molecule is CCN(c1ccc(F)cc1)c1nc2c(cc1CN)CCC2. The first kappa shape index (κ1) is 14.0. The van der Waals surface area contributed by atoms with Gasteiger partial charge in [-0.25, -0.2) is 9.37 Å². The summed E-state index contributed by atoms with van der Waals surface area (Å²) in [6, 6.07) is 8.72. The van der Waals surface area contributed by atoms with Crippen molar-refractivity contribution >= 4 is 11.5 Å². The number of rotatable bonds is 4. The minimum Gasteiger partial charge on any atom is -0.326 e. The average Bonchev–Trinajstić information content (AvgIpc) is 2.96. The molecule has 1 aromatic heterocycles. The molecule has 21 heavy (non-hydrogen) atoms. The fourth-order valence-corrected chi connectivity index (χ4v) is 2.97. The second kappa shape index (κ2) is 5.82. The van der Waals surface area contributed by atoms with Crippen molar-refractivity contribution in [3.63, 3.8) is 0 Å². The number of benzene rings is 1. The van der Waals surface area contributed by atoms with Gasteiger partial charge in [-0.3, -0.25) is 0 Å². The lowest BCUT2D eigenvalue weighted by Gasteiger charge is -2.25. The van der Waals surface area contributed by atoms with Crippen LogP contribution in [0, 0.1) is 5.82 Å². The summed E-state index contributed by atoms with van der Waals surface area (Å²) in [6.07, 6.45) is 3.30. The predicted molar refractivity (Wildman–Crippen MR) is 83.2 cm³/mol. The molecule has 110 valence electrons. The van der Waals surface area contributed by atoms with Gasteiger partial charge in [-0.05, 0) is 62.1 Å². The summed E-state index contributed by atoms with van der Waals surface area (Å²) in [6.45, 7) is 3.30. The van der Waals surface area contributed by atoms with E-state index < -0.39 is 0 Å². The van der Waals surface area contributed by atoms with Crippen LogP contribution in [-0.4, -0.2) is 11.5 Å². The van der Waals surface area contributed by atoms with Gasteiger partial charge in [0.15, 0.2) is 0 Å². The Kier molecular flexibility index (Phi) is 3.88. The van der Waals surface area contributed by atoms with Gasteiger partial charge in [-0.1, -0.05) is 0 Å². The highest BCUT2D eigenvalue weighted by molar-refractivity contribution is 5.64. The van der Waals surface area contributed by atoms with Crippen LogP contribution in [-0.2, 0) is 19.4 Å². The number of hydrogen-bond acceptors (Lipinski definition) is 3. The van der Waals surface area contributed by atoms with Crippen molar-refractivity contribution < 1.29 is 4.39 Å². The molecule has 0 unspecified atom stereocenters. The van der Waals surface area contributed by atoms with Crippen molar-refractivity contribution in [2.75, 3.05) is 11.4 Å². The highest BCUT2D eigenvalue weighted by atomic mass is 19.1. The minimum absolute atomic E-state index is 0.226. The van der Waals surface area contributed by atoms with Gasteiger partial charge in [0.2, 0.25) is 0 Å². The Labute approximate surface area is 124 Å². The van der Waals surface area contributed by atoms with Gasteiger partial charge in [0.05, 0.1) is 0 Å². The number of aryl methyl sites for hydroxylation is 2. The Morgan fingerprint density at radius 3 is 2.67 bits per heavy atom. The number of halogens is 1. The minimum atomic E-state index is -0.226. The third kappa shape index (κ3) is 2.63. The Hall–Kier alpha value is -1.94. The third-order valence-corrected chi connectivity index (χ3v) is 4.04. The molecule has 0 atom stereocenters. The number of nitrogens with two attached hydrogens (primary N) is 1. The Balaban J connectivity index is 2.06. The second-order valence-corrected chi connectivity index (χ2v) is 5.36.